The number of hydrogen-bond acceptors (Lipinski definition) is 7. The van der Waals surface area contributed by atoms with E-state index in [4.69, 9.17) is 17.0 Å². The van der Waals surface area contributed by atoms with Gasteiger partial charge in [-0.2, -0.15) is 0 Å². The molecule has 29 heavy (non-hydrogen) atoms. The van der Waals surface area contributed by atoms with Crippen LogP contribution in [0.25, 0.3) is 6.08 Å². The fourth-order valence-electron chi connectivity index (χ4n) is 2.91. The number of aliphatic carboxylic acids is 1. The van der Waals surface area contributed by atoms with E-state index in [1.807, 2.05) is 6.07 Å². The fourth-order valence-corrected chi connectivity index (χ4v) is 4.27. The molecule has 1 N–H and O–H groups in total. The average Bonchev–Trinajstić information content (AvgIpc) is 2.96. The molecule has 0 bridgehead atoms. The van der Waals surface area contributed by atoms with Gasteiger partial charge in [0.05, 0.1) is 23.5 Å². The monoisotopic (exact) mass is 428 g/mol. The van der Waals surface area contributed by atoms with Crippen molar-refractivity contribution in [3.05, 3.63) is 64.6 Å². The number of carbonyl (C=O) groups is 2. The van der Waals surface area contributed by atoms with Gasteiger partial charge in [-0.25, -0.2) is 0 Å². The summed E-state index contributed by atoms with van der Waals surface area (Å²) in [6.45, 7) is 2.18. The van der Waals surface area contributed by atoms with Crippen LogP contribution in [-0.4, -0.2) is 38.9 Å². The second-order valence-electron chi connectivity index (χ2n) is 6.24. The van der Waals surface area contributed by atoms with Crippen molar-refractivity contribution < 1.29 is 24.5 Å². The molecule has 1 heterocycles. The minimum atomic E-state index is -1.37. The first kappa shape index (κ1) is 20.9. The highest BCUT2D eigenvalue weighted by molar-refractivity contribution is 8.26. The van der Waals surface area contributed by atoms with Crippen LogP contribution in [0.5, 0.6) is 11.5 Å². The van der Waals surface area contributed by atoms with Gasteiger partial charge in [-0.3, -0.25) is 9.69 Å². The molecule has 1 aliphatic heterocycles. The molecule has 0 spiro atoms. The summed E-state index contributed by atoms with van der Waals surface area (Å²) in [5.41, 5.74) is 1.39. The molecule has 0 aliphatic carbocycles. The summed E-state index contributed by atoms with van der Waals surface area (Å²) in [5.74, 6) is -1.56. The van der Waals surface area contributed by atoms with Crippen molar-refractivity contribution >= 4 is 46.3 Å². The van der Waals surface area contributed by atoms with E-state index in [0.29, 0.717) is 22.8 Å². The third-order valence-electron chi connectivity index (χ3n) is 4.26. The highest BCUT2D eigenvalue weighted by Crippen LogP contribution is 2.36. The molecule has 0 unspecified atom stereocenters. The number of ether oxygens (including phenoxy) is 1. The van der Waals surface area contributed by atoms with Crippen molar-refractivity contribution in [2.45, 2.75) is 19.4 Å². The Hall–Kier alpha value is -2.84. The van der Waals surface area contributed by atoms with E-state index < -0.39 is 17.9 Å². The fraction of sp³-hybridized carbons (Fsp3) is 0.190. The minimum absolute atomic E-state index is 0.00331. The van der Waals surface area contributed by atoms with E-state index in [-0.39, 0.29) is 16.5 Å². The maximum Gasteiger partial charge on any atom is 0.266 e. The summed E-state index contributed by atoms with van der Waals surface area (Å²) in [6, 6.07) is 12.5. The van der Waals surface area contributed by atoms with Crippen LogP contribution in [0.2, 0.25) is 0 Å². The molecule has 0 aromatic heterocycles. The lowest BCUT2D eigenvalue weighted by Gasteiger charge is -2.27. The number of rotatable bonds is 7. The van der Waals surface area contributed by atoms with Crippen LogP contribution < -0.4 is 9.84 Å². The van der Waals surface area contributed by atoms with E-state index in [2.05, 4.69) is 0 Å². The van der Waals surface area contributed by atoms with Crippen LogP contribution >= 0.6 is 24.0 Å². The zero-order valence-corrected chi connectivity index (χ0v) is 17.2. The van der Waals surface area contributed by atoms with E-state index in [9.17, 15) is 19.8 Å². The molecule has 1 amide bonds. The molecule has 0 saturated carbocycles. The number of aromatic hydroxyl groups is 1. The molecule has 1 atom stereocenters. The standard InChI is InChI=1S/C21H19NO5S2/c1-2-27-17-11-14(8-9-16(17)23)12-18-19(24)22(21(28)29-18)15(20(25)26)10-13-6-4-3-5-7-13/h3-9,11-12,15,23H,2,10H2,1H3,(H,25,26)/p-1/b18-12-/t15-/m1/s1. The molecule has 8 heteroatoms. The SMILES string of the molecule is CCOc1cc(/C=C2\SC(=S)N([C@H](Cc3ccccc3)C(=O)[O-])C2=O)ccc1O. The Kier molecular flexibility index (Phi) is 6.56. The van der Waals surface area contributed by atoms with Gasteiger partial charge >= 0.3 is 0 Å². The molecular weight excluding hydrogens is 410 g/mol. The predicted octanol–water partition coefficient (Wildman–Crippen LogP) is 2.35. The van der Waals surface area contributed by atoms with Crippen LogP contribution in [0.4, 0.5) is 0 Å². The van der Waals surface area contributed by atoms with Gasteiger partial charge in [-0.15, -0.1) is 0 Å². The Morgan fingerprint density at radius 3 is 2.69 bits per heavy atom. The number of thioether (sulfide) groups is 1. The maximum absolute atomic E-state index is 12.9. The third kappa shape index (κ3) is 4.78. The molecule has 150 valence electrons. The van der Waals surface area contributed by atoms with E-state index >= 15 is 0 Å². The molecule has 1 fully saturated rings. The van der Waals surface area contributed by atoms with Crippen LogP contribution in [0, 0.1) is 0 Å². The summed E-state index contributed by atoms with van der Waals surface area (Å²) in [7, 11) is 0. The number of carbonyl (C=O) groups excluding carboxylic acids is 2. The average molecular weight is 429 g/mol. The van der Waals surface area contributed by atoms with Gasteiger partial charge in [0.1, 0.15) is 4.32 Å². The number of carboxylic acids is 1. The first-order valence-corrected chi connectivity index (χ1v) is 10.1. The first-order valence-electron chi connectivity index (χ1n) is 8.88. The second kappa shape index (κ2) is 9.11. The van der Waals surface area contributed by atoms with Gasteiger partial charge in [0.2, 0.25) is 0 Å². The van der Waals surface area contributed by atoms with Crippen molar-refractivity contribution in [2.75, 3.05) is 6.61 Å². The molecule has 2 aromatic rings. The lowest BCUT2D eigenvalue weighted by Crippen LogP contribution is -2.51. The number of phenolic OH excluding ortho intramolecular Hbond substituents is 1. The van der Waals surface area contributed by atoms with Gasteiger partial charge in [-0.05, 0) is 42.7 Å². The third-order valence-corrected chi connectivity index (χ3v) is 5.59. The second-order valence-corrected chi connectivity index (χ2v) is 7.91. The van der Waals surface area contributed by atoms with Crippen LogP contribution in [-0.2, 0) is 16.0 Å². The lowest BCUT2D eigenvalue weighted by atomic mass is 10.0. The van der Waals surface area contributed by atoms with Crippen LogP contribution in [0.15, 0.2) is 53.4 Å². The largest absolute Gasteiger partial charge is 0.548 e. The maximum atomic E-state index is 12.9. The van der Waals surface area contributed by atoms with Gasteiger partial charge in [-0.1, -0.05) is 60.4 Å². The predicted molar refractivity (Wildman–Crippen MR) is 113 cm³/mol. The van der Waals surface area contributed by atoms with Gasteiger partial charge in [0.15, 0.2) is 11.5 Å². The van der Waals surface area contributed by atoms with Crippen molar-refractivity contribution in [3.63, 3.8) is 0 Å². The molecule has 2 aromatic carbocycles. The number of nitrogens with zero attached hydrogens (tertiary/aromatic N) is 1. The zero-order valence-electron chi connectivity index (χ0n) is 15.5. The van der Waals surface area contributed by atoms with Crippen molar-refractivity contribution in [1.82, 2.24) is 4.90 Å². The highest BCUT2D eigenvalue weighted by Gasteiger charge is 2.37. The molecule has 1 aliphatic rings. The smallest absolute Gasteiger partial charge is 0.266 e. The molecule has 6 nitrogen and oxygen atoms in total. The first-order chi connectivity index (χ1) is 13.9. The highest BCUT2D eigenvalue weighted by atomic mass is 32.2. The summed E-state index contributed by atoms with van der Waals surface area (Å²) in [5, 5.41) is 21.6. The minimum Gasteiger partial charge on any atom is -0.548 e. The van der Waals surface area contributed by atoms with E-state index in [1.165, 1.54) is 6.07 Å². The van der Waals surface area contributed by atoms with E-state index in [1.54, 1.807) is 49.4 Å². The van der Waals surface area contributed by atoms with Crippen LogP contribution in [0.1, 0.15) is 18.1 Å². The number of hydrogen-bond donors (Lipinski definition) is 1. The summed E-state index contributed by atoms with van der Waals surface area (Å²) >= 11 is 6.31. The number of benzene rings is 2. The summed E-state index contributed by atoms with van der Waals surface area (Å²) < 4.78 is 5.52. The van der Waals surface area contributed by atoms with Crippen LogP contribution in [0.3, 0.4) is 0 Å². The molecule has 1 saturated heterocycles. The lowest BCUT2D eigenvalue weighted by molar-refractivity contribution is -0.310. The van der Waals surface area contributed by atoms with Gasteiger partial charge in [0.25, 0.3) is 5.91 Å². The van der Waals surface area contributed by atoms with Gasteiger partial charge < -0.3 is 19.7 Å². The Morgan fingerprint density at radius 1 is 1.31 bits per heavy atom. The number of thiocarbonyl (C=S) groups is 1. The molecule has 0 radical (unpaired) electrons. The molecule has 3 rings (SSSR count). The topological polar surface area (TPSA) is 89.9 Å². The van der Waals surface area contributed by atoms with E-state index in [0.717, 1.165) is 22.2 Å². The Bertz CT molecular complexity index is 974. The zero-order chi connectivity index (χ0) is 21.0. The number of phenols is 1. The van der Waals surface area contributed by atoms with Crippen molar-refractivity contribution in [1.29, 1.82) is 0 Å². The Morgan fingerprint density at radius 2 is 2.03 bits per heavy atom. The van der Waals surface area contributed by atoms with Crippen molar-refractivity contribution in [2.24, 2.45) is 0 Å². The normalized spacial score (nSPS) is 16.3. The Labute approximate surface area is 177 Å². The molecular formula is C21H18NO5S2-. The quantitative estimate of drug-likeness (QED) is 0.535. The number of amides is 1. The van der Waals surface area contributed by atoms with Crippen molar-refractivity contribution in [3.8, 4) is 11.5 Å². The number of carboxylic acid groups (broad SMARTS) is 1. The summed E-state index contributed by atoms with van der Waals surface area (Å²) in [6.07, 6.45) is 1.69. The summed E-state index contributed by atoms with van der Waals surface area (Å²) in [4.78, 5) is 26.1. The Balaban J connectivity index is 1.87. The van der Waals surface area contributed by atoms with Gasteiger partial charge in [0, 0.05) is 0 Å².